The zero-order valence-electron chi connectivity index (χ0n) is 11.9. The molecule has 7 heteroatoms. The van der Waals surface area contributed by atoms with Crippen LogP contribution in [-0.2, 0) is 0 Å². The van der Waals surface area contributed by atoms with E-state index in [-0.39, 0.29) is 23.0 Å². The summed E-state index contributed by atoms with van der Waals surface area (Å²) in [5, 5.41) is 14.5. The monoisotopic (exact) mass is 311 g/mol. The van der Waals surface area contributed by atoms with Crippen molar-refractivity contribution in [2.75, 3.05) is 49.1 Å². The average Bonchev–Trinajstić information content (AvgIpc) is 3.01. The van der Waals surface area contributed by atoms with Gasteiger partial charge in [-0.05, 0) is 25.0 Å². The molecule has 2 aliphatic heterocycles. The largest absolute Gasteiger partial charge is 1.00 e. The molecule has 0 atom stereocenters. The second-order valence-electron chi connectivity index (χ2n) is 5.36. The number of nitro benzene ring substituents is 1. The van der Waals surface area contributed by atoms with Crippen LogP contribution in [0.3, 0.4) is 0 Å². The van der Waals surface area contributed by atoms with E-state index >= 15 is 0 Å². The van der Waals surface area contributed by atoms with Crippen LogP contribution in [-0.4, -0.2) is 44.2 Å². The topological polar surface area (TPSA) is 61.7 Å². The van der Waals surface area contributed by atoms with Gasteiger partial charge in [0.1, 0.15) is 5.69 Å². The summed E-state index contributed by atoms with van der Waals surface area (Å²) >= 11 is 0. The van der Waals surface area contributed by atoms with Crippen molar-refractivity contribution >= 4 is 17.1 Å². The Labute approximate surface area is 130 Å². The van der Waals surface area contributed by atoms with Gasteiger partial charge in [0.2, 0.25) is 0 Å². The minimum atomic E-state index is -0.269. The van der Waals surface area contributed by atoms with E-state index in [1.165, 1.54) is 0 Å². The molecule has 2 heterocycles. The SMILES string of the molecule is O=[N+]([O-])c1ccc(N2CCNCC2)cc1N1CCCC1.[Cl-]. The molecule has 2 aliphatic rings. The predicted molar refractivity (Wildman–Crippen MR) is 79.6 cm³/mol. The molecule has 0 unspecified atom stereocenters. The van der Waals surface area contributed by atoms with Crippen molar-refractivity contribution in [3.63, 3.8) is 0 Å². The normalized spacial score (nSPS) is 18.5. The van der Waals surface area contributed by atoms with Gasteiger partial charge in [0.05, 0.1) is 4.92 Å². The zero-order valence-corrected chi connectivity index (χ0v) is 12.7. The Balaban J connectivity index is 0.00000161. The molecule has 0 aromatic heterocycles. The molecule has 21 heavy (non-hydrogen) atoms. The van der Waals surface area contributed by atoms with Gasteiger partial charge in [-0.2, -0.15) is 0 Å². The first-order chi connectivity index (χ1) is 9.75. The number of nitrogens with one attached hydrogen (secondary N) is 1. The van der Waals surface area contributed by atoms with E-state index in [9.17, 15) is 10.1 Å². The van der Waals surface area contributed by atoms with Crippen molar-refractivity contribution in [1.82, 2.24) is 5.32 Å². The Hall–Kier alpha value is -1.53. The average molecular weight is 312 g/mol. The molecule has 0 amide bonds. The van der Waals surface area contributed by atoms with Gasteiger partial charge >= 0.3 is 0 Å². The van der Waals surface area contributed by atoms with E-state index in [1.54, 1.807) is 6.07 Å². The van der Waals surface area contributed by atoms with E-state index in [4.69, 9.17) is 0 Å². The van der Waals surface area contributed by atoms with Crippen LogP contribution in [0.5, 0.6) is 0 Å². The second kappa shape index (κ2) is 6.95. The Kier molecular flexibility index (Phi) is 5.25. The number of benzene rings is 1. The highest BCUT2D eigenvalue weighted by molar-refractivity contribution is 5.70. The fourth-order valence-corrected chi connectivity index (χ4v) is 3.00. The van der Waals surface area contributed by atoms with E-state index in [1.807, 2.05) is 12.1 Å². The molecule has 0 bridgehead atoms. The molecule has 3 rings (SSSR count). The van der Waals surface area contributed by atoms with Gasteiger partial charge in [-0.15, -0.1) is 0 Å². The minimum Gasteiger partial charge on any atom is -1.00 e. The fraction of sp³-hybridized carbons (Fsp3) is 0.571. The first-order valence-electron chi connectivity index (χ1n) is 7.25. The lowest BCUT2D eigenvalue weighted by Gasteiger charge is -2.30. The van der Waals surface area contributed by atoms with Crippen LogP contribution in [0.1, 0.15) is 12.8 Å². The molecule has 1 N–H and O–H groups in total. The number of hydrogen-bond acceptors (Lipinski definition) is 5. The second-order valence-corrected chi connectivity index (χ2v) is 5.36. The molecule has 0 saturated carbocycles. The molecular weight excluding hydrogens is 292 g/mol. The van der Waals surface area contributed by atoms with Gasteiger partial charge in [0, 0.05) is 51.0 Å². The van der Waals surface area contributed by atoms with Crippen LogP contribution in [0.25, 0.3) is 0 Å². The minimum absolute atomic E-state index is 0. The summed E-state index contributed by atoms with van der Waals surface area (Å²) in [6, 6.07) is 5.53. The molecule has 1 aromatic carbocycles. The lowest BCUT2D eigenvalue weighted by atomic mass is 10.2. The van der Waals surface area contributed by atoms with Crippen molar-refractivity contribution in [1.29, 1.82) is 0 Å². The van der Waals surface area contributed by atoms with Gasteiger partial charge in [-0.1, -0.05) is 0 Å². The molecule has 0 spiro atoms. The maximum Gasteiger partial charge on any atom is 0.292 e. The van der Waals surface area contributed by atoms with Gasteiger partial charge in [-0.3, -0.25) is 10.1 Å². The first kappa shape index (κ1) is 15.9. The lowest BCUT2D eigenvalue weighted by Crippen LogP contribution is -3.00. The molecule has 0 radical (unpaired) electrons. The van der Waals surface area contributed by atoms with Crippen LogP contribution in [0.15, 0.2) is 18.2 Å². The summed E-state index contributed by atoms with van der Waals surface area (Å²) < 4.78 is 0. The summed E-state index contributed by atoms with van der Waals surface area (Å²) in [5.74, 6) is 0. The number of nitro groups is 1. The molecule has 6 nitrogen and oxygen atoms in total. The van der Waals surface area contributed by atoms with Crippen molar-refractivity contribution < 1.29 is 17.3 Å². The number of halogens is 1. The molecule has 2 fully saturated rings. The molecule has 2 saturated heterocycles. The summed E-state index contributed by atoms with van der Waals surface area (Å²) in [6.07, 6.45) is 2.24. The van der Waals surface area contributed by atoms with Crippen LogP contribution >= 0.6 is 0 Å². The van der Waals surface area contributed by atoms with Crippen molar-refractivity contribution in [3.8, 4) is 0 Å². The Morgan fingerprint density at radius 1 is 1.05 bits per heavy atom. The quantitative estimate of drug-likeness (QED) is 0.550. The van der Waals surface area contributed by atoms with Crippen LogP contribution in [0.4, 0.5) is 17.1 Å². The standard InChI is InChI=1S/C14H20N4O2.ClH/c19-18(20)13-4-3-12(16-9-5-15-6-10-16)11-14(13)17-7-1-2-8-17;/h3-4,11,15H,1-2,5-10H2;1H/p-1. The van der Waals surface area contributed by atoms with Crippen molar-refractivity contribution in [2.24, 2.45) is 0 Å². The third kappa shape index (κ3) is 3.39. The smallest absolute Gasteiger partial charge is 0.292 e. The molecule has 116 valence electrons. The molecular formula is C14H20ClN4O2-. The third-order valence-electron chi connectivity index (χ3n) is 4.08. The molecule has 0 aliphatic carbocycles. The summed E-state index contributed by atoms with van der Waals surface area (Å²) in [6.45, 7) is 5.69. The Morgan fingerprint density at radius 3 is 2.33 bits per heavy atom. The highest BCUT2D eigenvalue weighted by atomic mass is 35.5. The summed E-state index contributed by atoms with van der Waals surface area (Å²) in [4.78, 5) is 15.4. The maximum atomic E-state index is 11.2. The lowest BCUT2D eigenvalue weighted by molar-refractivity contribution is -0.384. The van der Waals surface area contributed by atoms with E-state index in [0.717, 1.165) is 63.5 Å². The zero-order chi connectivity index (χ0) is 13.9. The highest BCUT2D eigenvalue weighted by Gasteiger charge is 2.23. The van der Waals surface area contributed by atoms with E-state index < -0.39 is 0 Å². The number of anilines is 2. The van der Waals surface area contributed by atoms with Gasteiger partial charge in [0.25, 0.3) is 5.69 Å². The molecule has 1 aromatic rings. The number of rotatable bonds is 3. The van der Waals surface area contributed by atoms with Crippen LogP contribution < -0.4 is 27.5 Å². The summed E-state index contributed by atoms with van der Waals surface area (Å²) in [5.41, 5.74) is 2.10. The number of nitrogens with zero attached hydrogens (tertiary/aromatic N) is 3. The van der Waals surface area contributed by atoms with Gasteiger partial charge < -0.3 is 27.5 Å². The Morgan fingerprint density at radius 2 is 1.71 bits per heavy atom. The van der Waals surface area contributed by atoms with Gasteiger partial charge in [0.15, 0.2) is 0 Å². The maximum absolute atomic E-state index is 11.2. The predicted octanol–water partition coefficient (Wildman–Crippen LogP) is -1.39. The first-order valence-corrected chi connectivity index (χ1v) is 7.25. The third-order valence-corrected chi connectivity index (χ3v) is 4.08. The van der Waals surface area contributed by atoms with Crippen molar-refractivity contribution in [3.05, 3.63) is 28.3 Å². The van der Waals surface area contributed by atoms with E-state index in [2.05, 4.69) is 15.1 Å². The Bertz CT molecular complexity index is 500. The van der Waals surface area contributed by atoms with E-state index in [0.29, 0.717) is 0 Å². The van der Waals surface area contributed by atoms with Crippen LogP contribution in [0.2, 0.25) is 0 Å². The summed E-state index contributed by atoms with van der Waals surface area (Å²) in [7, 11) is 0. The number of piperazine rings is 1. The van der Waals surface area contributed by atoms with Crippen LogP contribution in [0, 0.1) is 10.1 Å². The number of hydrogen-bond donors (Lipinski definition) is 1. The van der Waals surface area contributed by atoms with Crippen molar-refractivity contribution in [2.45, 2.75) is 12.8 Å². The van der Waals surface area contributed by atoms with Gasteiger partial charge in [-0.25, -0.2) is 0 Å². The fourth-order valence-electron chi connectivity index (χ4n) is 3.00. The highest BCUT2D eigenvalue weighted by Crippen LogP contribution is 2.34.